The normalized spacial score (nSPS) is 19.1. The first kappa shape index (κ1) is 15.9. The van der Waals surface area contributed by atoms with Crippen LogP contribution in [0.4, 0.5) is 0 Å². The molecule has 0 heterocycles. The highest BCUT2D eigenvalue weighted by atomic mass is 32.2. The minimum absolute atomic E-state index is 0.483. The van der Waals surface area contributed by atoms with Gasteiger partial charge in [-0.2, -0.15) is 11.8 Å². The zero-order valence-corrected chi connectivity index (χ0v) is 14.0. The summed E-state index contributed by atoms with van der Waals surface area (Å²) in [4.78, 5) is 0. The van der Waals surface area contributed by atoms with Crippen LogP contribution in [-0.2, 0) is 6.42 Å². The summed E-state index contributed by atoms with van der Waals surface area (Å²) in [5.41, 5.74) is 2.88. The molecule has 1 aromatic carbocycles. The van der Waals surface area contributed by atoms with Crippen molar-refractivity contribution in [1.82, 2.24) is 5.32 Å². The van der Waals surface area contributed by atoms with Crippen LogP contribution in [0.2, 0.25) is 0 Å². The number of thioether (sulfide) groups is 1. The Labute approximate surface area is 128 Å². The molecule has 2 heteroatoms. The maximum Gasteiger partial charge on any atom is 0.0437 e. The molecule has 2 unspecified atom stereocenters. The zero-order chi connectivity index (χ0) is 14.4. The summed E-state index contributed by atoms with van der Waals surface area (Å²) in [6, 6.07) is 9.69. The van der Waals surface area contributed by atoms with Crippen molar-refractivity contribution >= 4 is 11.8 Å². The molecule has 0 aromatic heterocycles. The Morgan fingerprint density at radius 2 is 1.80 bits per heavy atom. The lowest BCUT2D eigenvalue weighted by Gasteiger charge is -2.27. The SMILES string of the molecule is CCNC(c1ccc(CC)cc1)C(C)SC1CCCC1. The predicted octanol–water partition coefficient (Wildman–Crippen LogP) is 4.96. The monoisotopic (exact) mass is 291 g/mol. The molecule has 0 amide bonds. The van der Waals surface area contributed by atoms with E-state index < -0.39 is 0 Å². The Hall–Kier alpha value is -0.470. The van der Waals surface area contributed by atoms with E-state index in [1.807, 2.05) is 0 Å². The molecular weight excluding hydrogens is 262 g/mol. The van der Waals surface area contributed by atoms with E-state index in [0.29, 0.717) is 11.3 Å². The minimum Gasteiger partial charge on any atom is -0.309 e. The molecule has 0 bridgehead atoms. The van der Waals surface area contributed by atoms with Gasteiger partial charge in [-0.25, -0.2) is 0 Å². The van der Waals surface area contributed by atoms with Crippen LogP contribution in [0.1, 0.15) is 63.6 Å². The van der Waals surface area contributed by atoms with Crippen LogP contribution < -0.4 is 5.32 Å². The molecule has 2 rings (SSSR count). The summed E-state index contributed by atoms with van der Waals surface area (Å²) in [7, 11) is 0. The Kier molecular flexibility index (Phi) is 6.44. The molecule has 0 spiro atoms. The van der Waals surface area contributed by atoms with Gasteiger partial charge in [0.15, 0.2) is 0 Å². The molecule has 0 aliphatic heterocycles. The minimum atomic E-state index is 0.483. The van der Waals surface area contributed by atoms with Crippen molar-refractivity contribution in [2.45, 2.75) is 69.4 Å². The lowest BCUT2D eigenvalue weighted by atomic mass is 10.0. The van der Waals surface area contributed by atoms with Crippen LogP contribution in [-0.4, -0.2) is 17.0 Å². The van der Waals surface area contributed by atoms with Gasteiger partial charge in [0.05, 0.1) is 0 Å². The summed E-state index contributed by atoms with van der Waals surface area (Å²) >= 11 is 2.20. The van der Waals surface area contributed by atoms with Crippen LogP contribution in [0.5, 0.6) is 0 Å². The molecule has 1 aromatic rings. The molecule has 1 nitrogen and oxygen atoms in total. The highest BCUT2D eigenvalue weighted by Gasteiger charge is 2.24. The number of hydrogen-bond acceptors (Lipinski definition) is 2. The maximum absolute atomic E-state index is 3.69. The van der Waals surface area contributed by atoms with Gasteiger partial charge in [-0.15, -0.1) is 0 Å². The Bertz CT molecular complexity index is 381. The molecule has 1 fully saturated rings. The van der Waals surface area contributed by atoms with E-state index in [0.717, 1.165) is 18.2 Å². The van der Waals surface area contributed by atoms with Crippen molar-refractivity contribution in [2.75, 3.05) is 6.54 Å². The maximum atomic E-state index is 3.69. The van der Waals surface area contributed by atoms with Gasteiger partial charge >= 0.3 is 0 Å². The molecule has 112 valence electrons. The third-order valence-corrected chi connectivity index (χ3v) is 5.91. The van der Waals surface area contributed by atoms with E-state index in [2.05, 4.69) is 62.1 Å². The summed E-state index contributed by atoms with van der Waals surface area (Å²) in [6.45, 7) is 7.86. The average Bonchev–Trinajstić information content (AvgIpc) is 2.97. The van der Waals surface area contributed by atoms with Gasteiger partial charge in [-0.05, 0) is 36.9 Å². The highest BCUT2D eigenvalue weighted by molar-refractivity contribution is 8.00. The largest absolute Gasteiger partial charge is 0.309 e. The zero-order valence-electron chi connectivity index (χ0n) is 13.2. The number of rotatable bonds is 7. The molecule has 20 heavy (non-hydrogen) atoms. The van der Waals surface area contributed by atoms with Crippen molar-refractivity contribution in [3.63, 3.8) is 0 Å². The van der Waals surface area contributed by atoms with E-state index in [1.165, 1.54) is 36.8 Å². The van der Waals surface area contributed by atoms with Gasteiger partial charge in [-0.1, -0.05) is 57.9 Å². The van der Waals surface area contributed by atoms with Gasteiger partial charge in [0.1, 0.15) is 0 Å². The van der Waals surface area contributed by atoms with Gasteiger partial charge < -0.3 is 5.32 Å². The van der Waals surface area contributed by atoms with Crippen LogP contribution in [0.3, 0.4) is 0 Å². The summed E-state index contributed by atoms with van der Waals surface area (Å²) in [5.74, 6) is 0. The van der Waals surface area contributed by atoms with E-state index in [9.17, 15) is 0 Å². The van der Waals surface area contributed by atoms with E-state index in [-0.39, 0.29) is 0 Å². The molecule has 0 saturated heterocycles. The van der Waals surface area contributed by atoms with Crippen LogP contribution in [0.15, 0.2) is 24.3 Å². The second-order valence-electron chi connectivity index (χ2n) is 5.88. The number of aryl methyl sites for hydroxylation is 1. The molecule has 1 saturated carbocycles. The molecular formula is C18H29NS. The lowest BCUT2D eigenvalue weighted by Crippen LogP contribution is -2.29. The first-order chi connectivity index (χ1) is 9.74. The molecule has 1 N–H and O–H groups in total. The fraction of sp³-hybridized carbons (Fsp3) is 0.667. The van der Waals surface area contributed by atoms with Gasteiger partial charge in [0.2, 0.25) is 0 Å². The van der Waals surface area contributed by atoms with Crippen molar-refractivity contribution in [2.24, 2.45) is 0 Å². The Morgan fingerprint density at radius 3 is 2.35 bits per heavy atom. The van der Waals surface area contributed by atoms with Crippen molar-refractivity contribution < 1.29 is 0 Å². The molecule has 0 radical (unpaired) electrons. The van der Waals surface area contributed by atoms with E-state index >= 15 is 0 Å². The van der Waals surface area contributed by atoms with Gasteiger partial charge in [0.25, 0.3) is 0 Å². The number of benzene rings is 1. The fourth-order valence-electron chi connectivity index (χ4n) is 3.14. The number of hydrogen-bond donors (Lipinski definition) is 1. The molecule has 1 aliphatic rings. The van der Waals surface area contributed by atoms with Crippen LogP contribution in [0.25, 0.3) is 0 Å². The quantitative estimate of drug-likeness (QED) is 0.761. The summed E-state index contributed by atoms with van der Waals surface area (Å²) in [6.07, 6.45) is 6.83. The Balaban J connectivity index is 2.03. The lowest BCUT2D eigenvalue weighted by molar-refractivity contribution is 0.546. The molecule has 1 aliphatic carbocycles. The second-order valence-corrected chi connectivity index (χ2v) is 7.56. The first-order valence-electron chi connectivity index (χ1n) is 8.22. The van der Waals surface area contributed by atoms with Crippen LogP contribution >= 0.6 is 11.8 Å². The van der Waals surface area contributed by atoms with Gasteiger partial charge in [0, 0.05) is 16.5 Å². The van der Waals surface area contributed by atoms with E-state index in [1.54, 1.807) is 0 Å². The number of nitrogens with one attached hydrogen (secondary N) is 1. The fourth-order valence-corrected chi connectivity index (χ4v) is 4.77. The Morgan fingerprint density at radius 1 is 1.15 bits per heavy atom. The summed E-state index contributed by atoms with van der Waals surface area (Å²) in [5, 5.41) is 5.22. The highest BCUT2D eigenvalue weighted by Crippen LogP contribution is 2.36. The van der Waals surface area contributed by atoms with Crippen molar-refractivity contribution in [3.8, 4) is 0 Å². The topological polar surface area (TPSA) is 12.0 Å². The third-order valence-electron chi connectivity index (χ3n) is 4.35. The van der Waals surface area contributed by atoms with Crippen LogP contribution in [0, 0.1) is 0 Å². The molecule has 2 atom stereocenters. The smallest absolute Gasteiger partial charge is 0.0437 e. The van der Waals surface area contributed by atoms with E-state index in [4.69, 9.17) is 0 Å². The predicted molar refractivity (Wildman–Crippen MR) is 91.5 cm³/mol. The van der Waals surface area contributed by atoms with Crippen molar-refractivity contribution in [3.05, 3.63) is 35.4 Å². The van der Waals surface area contributed by atoms with Gasteiger partial charge in [-0.3, -0.25) is 0 Å². The average molecular weight is 292 g/mol. The second kappa shape index (κ2) is 8.09. The summed E-state index contributed by atoms with van der Waals surface area (Å²) < 4.78 is 0. The third kappa shape index (κ3) is 4.26. The first-order valence-corrected chi connectivity index (χ1v) is 9.16. The van der Waals surface area contributed by atoms with Crippen molar-refractivity contribution in [1.29, 1.82) is 0 Å². The standard InChI is InChI=1S/C18H29NS/c1-4-15-10-12-16(13-11-15)18(19-5-2)14(3)20-17-8-6-7-9-17/h10-14,17-19H,4-9H2,1-3H3.